The van der Waals surface area contributed by atoms with Crippen molar-refractivity contribution in [2.45, 2.75) is 17.5 Å². The average molecular weight is 435 g/mol. The number of ether oxygens (including phenoxy) is 1. The number of fused-ring (bicyclic) bond motifs is 1. The molecule has 0 aliphatic heterocycles. The molecule has 6 nitrogen and oxygen atoms in total. The molecule has 0 aliphatic carbocycles. The van der Waals surface area contributed by atoms with Crippen LogP contribution in [0, 0.1) is 0 Å². The molecule has 0 unspecified atom stereocenters. The van der Waals surface area contributed by atoms with Crippen molar-refractivity contribution in [2.24, 2.45) is 0 Å². The molecule has 0 aliphatic rings. The van der Waals surface area contributed by atoms with Crippen molar-refractivity contribution in [3.8, 4) is 11.5 Å². The summed E-state index contributed by atoms with van der Waals surface area (Å²) < 4.78 is 13.1. The zero-order valence-electron chi connectivity index (χ0n) is 14.9. The van der Waals surface area contributed by atoms with E-state index < -0.39 is 0 Å². The highest BCUT2D eigenvalue weighted by atomic mass is 35.5. The highest BCUT2D eigenvalue weighted by molar-refractivity contribution is 7.98. The van der Waals surface area contributed by atoms with Crippen LogP contribution in [-0.2, 0) is 17.0 Å². The van der Waals surface area contributed by atoms with E-state index in [0.29, 0.717) is 39.7 Å². The maximum Gasteiger partial charge on any atom is 0.249 e. The summed E-state index contributed by atoms with van der Waals surface area (Å²) in [5, 5.41) is 10.1. The molecule has 0 spiro atoms. The van der Waals surface area contributed by atoms with Crippen LogP contribution in [0.3, 0.4) is 0 Å². The molecule has 28 heavy (non-hydrogen) atoms. The second kappa shape index (κ2) is 8.53. The minimum atomic E-state index is 0.366. The molecule has 0 saturated carbocycles. The highest BCUT2D eigenvalue weighted by Crippen LogP contribution is 2.31. The molecule has 0 bridgehead atoms. The lowest BCUT2D eigenvalue weighted by molar-refractivity contribution is 0.186. The summed E-state index contributed by atoms with van der Waals surface area (Å²) >= 11 is 13.7. The van der Waals surface area contributed by atoms with Gasteiger partial charge in [0.15, 0.2) is 5.16 Å². The number of methoxy groups -OCH3 is 1. The molecule has 0 atom stereocenters. The molecule has 0 radical (unpaired) electrons. The zero-order valence-corrected chi connectivity index (χ0v) is 17.3. The maximum absolute atomic E-state index is 6.22. The Morgan fingerprint density at radius 1 is 1.14 bits per heavy atom. The van der Waals surface area contributed by atoms with Gasteiger partial charge >= 0.3 is 0 Å². The molecule has 9 heteroatoms. The van der Waals surface area contributed by atoms with E-state index in [1.54, 1.807) is 25.3 Å². The summed E-state index contributed by atoms with van der Waals surface area (Å²) in [7, 11) is 1.69. The molecule has 0 fully saturated rings. The minimum absolute atomic E-state index is 0.366. The van der Waals surface area contributed by atoms with Gasteiger partial charge < -0.3 is 13.7 Å². The number of rotatable bonds is 7. The number of hydrogen-bond donors (Lipinski definition) is 0. The van der Waals surface area contributed by atoms with Crippen molar-refractivity contribution in [3.63, 3.8) is 0 Å². The summed E-state index contributed by atoms with van der Waals surface area (Å²) in [5.74, 6) is 1.36. The Hall–Kier alpha value is -2.06. The van der Waals surface area contributed by atoms with Crippen LogP contribution in [0.5, 0.6) is 0 Å². The van der Waals surface area contributed by atoms with E-state index in [1.165, 1.54) is 11.8 Å². The summed E-state index contributed by atoms with van der Waals surface area (Å²) in [5.41, 5.74) is 2.67. The summed E-state index contributed by atoms with van der Waals surface area (Å²) in [6.07, 6.45) is 0. The molecule has 2 aromatic heterocycles. The number of nitrogens with zero attached hydrogens (tertiary/aromatic N) is 4. The molecule has 144 valence electrons. The standard InChI is InChI=1S/C19H16Cl2N4O2S/c1-26-9-8-25-16-5-3-2-4-15(16)22-19(25)28-11-17-23-24-18(27-17)13-7-6-12(20)10-14(13)21/h2-7,10H,8-9,11H2,1H3. The lowest BCUT2D eigenvalue weighted by Gasteiger charge is -2.07. The third-order valence-corrected chi connectivity index (χ3v) is 5.60. The van der Waals surface area contributed by atoms with E-state index in [1.807, 2.05) is 18.2 Å². The second-order valence-corrected chi connectivity index (χ2v) is 7.73. The fourth-order valence-electron chi connectivity index (χ4n) is 2.77. The van der Waals surface area contributed by atoms with Gasteiger partial charge in [-0.15, -0.1) is 10.2 Å². The van der Waals surface area contributed by atoms with Crippen molar-refractivity contribution in [2.75, 3.05) is 13.7 Å². The summed E-state index contributed by atoms with van der Waals surface area (Å²) in [6.45, 7) is 1.32. The Morgan fingerprint density at radius 2 is 2.00 bits per heavy atom. The number of halogens is 2. The van der Waals surface area contributed by atoms with E-state index in [0.717, 1.165) is 22.7 Å². The predicted octanol–water partition coefficient (Wildman–Crippen LogP) is 5.33. The van der Waals surface area contributed by atoms with Crippen molar-refractivity contribution >= 4 is 46.0 Å². The van der Waals surface area contributed by atoms with Gasteiger partial charge in [0, 0.05) is 18.7 Å². The normalized spacial score (nSPS) is 11.4. The second-order valence-electron chi connectivity index (χ2n) is 5.94. The molecule has 2 aromatic carbocycles. The smallest absolute Gasteiger partial charge is 0.249 e. The van der Waals surface area contributed by atoms with E-state index >= 15 is 0 Å². The SMILES string of the molecule is COCCn1c(SCc2nnc(-c3ccc(Cl)cc3Cl)o2)nc2ccccc21. The van der Waals surface area contributed by atoms with Gasteiger partial charge in [-0.25, -0.2) is 4.98 Å². The fraction of sp³-hybridized carbons (Fsp3) is 0.211. The number of thioether (sulfide) groups is 1. The molecule has 4 aromatic rings. The van der Waals surface area contributed by atoms with Gasteiger partial charge in [0.25, 0.3) is 0 Å². The molecule has 0 saturated heterocycles. The summed E-state index contributed by atoms with van der Waals surface area (Å²) in [6, 6.07) is 13.2. The first-order chi connectivity index (χ1) is 13.7. The lowest BCUT2D eigenvalue weighted by Crippen LogP contribution is -2.05. The van der Waals surface area contributed by atoms with Crippen LogP contribution in [0.4, 0.5) is 0 Å². The van der Waals surface area contributed by atoms with E-state index in [9.17, 15) is 0 Å². The van der Waals surface area contributed by atoms with Crippen LogP contribution in [0.2, 0.25) is 10.0 Å². The van der Waals surface area contributed by atoms with Crippen LogP contribution >= 0.6 is 35.0 Å². The maximum atomic E-state index is 6.22. The third-order valence-electron chi connectivity index (χ3n) is 4.09. The molecule has 4 rings (SSSR count). The number of hydrogen-bond acceptors (Lipinski definition) is 6. The van der Waals surface area contributed by atoms with Crippen molar-refractivity contribution in [1.82, 2.24) is 19.7 Å². The van der Waals surface area contributed by atoms with Gasteiger partial charge in [0.1, 0.15) is 0 Å². The Labute approximate surface area is 175 Å². The van der Waals surface area contributed by atoms with Crippen LogP contribution in [0.1, 0.15) is 5.89 Å². The van der Waals surface area contributed by atoms with Gasteiger partial charge in [-0.3, -0.25) is 0 Å². The van der Waals surface area contributed by atoms with Crippen molar-refractivity contribution < 1.29 is 9.15 Å². The Balaban J connectivity index is 1.54. The molecular formula is C19H16Cl2N4O2S. The Kier molecular flexibility index (Phi) is 5.87. The van der Waals surface area contributed by atoms with Gasteiger partial charge in [0.05, 0.1) is 34.0 Å². The zero-order chi connectivity index (χ0) is 19.5. The average Bonchev–Trinajstić information content (AvgIpc) is 3.29. The number of aromatic nitrogens is 4. The van der Waals surface area contributed by atoms with E-state index in [-0.39, 0.29) is 0 Å². The summed E-state index contributed by atoms with van der Waals surface area (Å²) in [4.78, 5) is 4.71. The van der Waals surface area contributed by atoms with Crippen molar-refractivity contribution in [1.29, 1.82) is 0 Å². The first-order valence-corrected chi connectivity index (χ1v) is 10.2. The van der Waals surface area contributed by atoms with Crippen LogP contribution in [-0.4, -0.2) is 33.5 Å². The molecule has 0 N–H and O–H groups in total. The molecule has 0 amide bonds. The molecular weight excluding hydrogens is 419 g/mol. The third kappa shape index (κ3) is 4.03. The Morgan fingerprint density at radius 3 is 2.82 bits per heavy atom. The predicted molar refractivity (Wildman–Crippen MR) is 111 cm³/mol. The van der Waals surface area contributed by atoms with Crippen LogP contribution < -0.4 is 0 Å². The monoisotopic (exact) mass is 434 g/mol. The number of benzene rings is 2. The first kappa shape index (κ1) is 19.3. The lowest BCUT2D eigenvalue weighted by atomic mass is 10.2. The Bertz CT molecular complexity index is 1110. The largest absolute Gasteiger partial charge is 0.420 e. The van der Waals surface area contributed by atoms with Gasteiger partial charge in [0.2, 0.25) is 11.8 Å². The number of para-hydroxylation sites is 2. The van der Waals surface area contributed by atoms with Gasteiger partial charge in [-0.1, -0.05) is 47.1 Å². The van der Waals surface area contributed by atoms with E-state index in [4.69, 9.17) is 37.3 Å². The van der Waals surface area contributed by atoms with Crippen LogP contribution in [0.25, 0.3) is 22.5 Å². The number of imidazole rings is 1. The highest BCUT2D eigenvalue weighted by Gasteiger charge is 2.15. The quantitative estimate of drug-likeness (QED) is 0.366. The minimum Gasteiger partial charge on any atom is -0.420 e. The van der Waals surface area contributed by atoms with Gasteiger partial charge in [-0.05, 0) is 30.3 Å². The van der Waals surface area contributed by atoms with Crippen LogP contribution in [0.15, 0.2) is 52.0 Å². The van der Waals surface area contributed by atoms with Crippen molar-refractivity contribution in [3.05, 3.63) is 58.4 Å². The van der Waals surface area contributed by atoms with E-state index in [2.05, 4.69) is 20.8 Å². The van der Waals surface area contributed by atoms with Gasteiger partial charge in [-0.2, -0.15) is 0 Å². The fourth-order valence-corrected chi connectivity index (χ4v) is 4.14. The molecule has 2 heterocycles. The first-order valence-electron chi connectivity index (χ1n) is 8.50. The topological polar surface area (TPSA) is 66.0 Å².